The van der Waals surface area contributed by atoms with Crippen molar-refractivity contribution < 1.29 is 9.59 Å². The van der Waals surface area contributed by atoms with Crippen molar-refractivity contribution in [3.05, 3.63) is 30.1 Å². The summed E-state index contributed by atoms with van der Waals surface area (Å²) in [6, 6.07) is 4.78. The monoisotopic (exact) mass is 148 g/mol. The maximum Gasteiger partial charge on any atom is 0.306 e. The van der Waals surface area contributed by atoms with Crippen molar-refractivity contribution in [2.45, 2.75) is 0 Å². The Morgan fingerprint density at radius 3 is 2.91 bits per heavy atom. The Bertz CT molecular complexity index is 301. The summed E-state index contributed by atoms with van der Waals surface area (Å²) in [5.41, 5.74) is 0.149. The minimum absolute atomic E-state index is 0.149. The molecule has 0 N–H and O–H groups in total. The lowest BCUT2D eigenvalue weighted by Crippen LogP contribution is -1.96. The van der Waals surface area contributed by atoms with Crippen molar-refractivity contribution in [2.24, 2.45) is 4.99 Å². The van der Waals surface area contributed by atoms with Crippen LogP contribution in [0.1, 0.15) is 10.5 Å². The van der Waals surface area contributed by atoms with E-state index in [-0.39, 0.29) is 5.69 Å². The van der Waals surface area contributed by atoms with Gasteiger partial charge in [-0.2, -0.15) is 0 Å². The van der Waals surface area contributed by atoms with Crippen LogP contribution in [0.5, 0.6) is 0 Å². The Morgan fingerprint density at radius 2 is 2.36 bits per heavy atom. The molecule has 4 heteroatoms. The first kappa shape index (κ1) is 7.31. The van der Waals surface area contributed by atoms with Gasteiger partial charge in [-0.05, 0) is 12.1 Å². The second-order valence-electron chi connectivity index (χ2n) is 1.72. The average molecular weight is 148 g/mol. The van der Waals surface area contributed by atoms with Crippen LogP contribution in [0.25, 0.3) is 0 Å². The maximum absolute atomic E-state index is 10.8. The van der Waals surface area contributed by atoms with Gasteiger partial charge < -0.3 is 0 Å². The number of pyridine rings is 1. The fraction of sp³-hybridized carbons (Fsp3) is 0. The zero-order valence-corrected chi connectivity index (χ0v) is 5.52. The van der Waals surface area contributed by atoms with E-state index in [9.17, 15) is 9.59 Å². The van der Waals surface area contributed by atoms with Crippen molar-refractivity contribution in [2.75, 3.05) is 0 Å². The van der Waals surface area contributed by atoms with Gasteiger partial charge in [0.1, 0.15) is 5.69 Å². The van der Waals surface area contributed by atoms with Gasteiger partial charge in [0.2, 0.25) is 6.08 Å². The van der Waals surface area contributed by atoms with Crippen molar-refractivity contribution in [1.82, 2.24) is 4.98 Å². The number of rotatable bonds is 1. The lowest BCUT2D eigenvalue weighted by atomic mass is 10.3. The Balaban J connectivity index is 2.94. The van der Waals surface area contributed by atoms with Crippen LogP contribution >= 0.6 is 0 Å². The third-order valence-electron chi connectivity index (χ3n) is 1.03. The zero-order chi connectivity index (χ0) is 8.10. The van der Waals surface area contributed by atoms with Crippen LogP contribution in [0, 0.1) is 0 Å². The van der Waals surface area contributed by atoms with E-state index in [4.69, 9.17) is 0 Å². The molecule has 0 unspecified atom stereocenters. The Hall–Kier alpha value is -1.80. The summed E-state index contributed by atoms with van der Waals surface area (Å²) < 4.78 is 0. The number of aromatic nitrogens is 1. The highest BCUT2D eigenvalue weighted by molar-refractivity contribution is 5.95. The molecule has 0 atom stereocenters. The fourth-order valence-electron chi connectivity index (χ4n) is 0.588. The zero-order valence-electron chi connectivity index (χ0n) is 5.52. The van der Waals surface area contributed by atoms with Crippen molar-refractivity contribution >= 4 is 12.0 Å². The quantitative estimate of drug-likeness (QED) is 0.431. The van der Waals surface area contributed by atoms with Crippen molar-refractivity contribution in [1.29, 1.82) is 0 Å². The third-order valence-corrected chi connectivity index (χ3v) is 1.03. The molecule has 0 aliphatic rings. The van der Waals surface area contributed by atoms with E-state index in [1.54, 1.807) is 12.1 Å². The van der Waals surface area contributed by atoms with E-state index in [0.29, 0.717) is 0 Å². The van der Waals surface area contributed by atoms with E-state index >= 15 is 0 Å². The highest BCUT2D eigenvalue weighted by Gasteiger charge is 2.01. The summed E-state index contributed by atoms with van der Waals surface area (Å²) >= 11 is 0. The summed E-state index contributed by atoms with van der Waals surface area (Å²) in [6.07, 6.45) is 2.60. The first-order chi connectivity index (χ1) is 5.34. The standard InChI is InChI=1S/C7H4N2O2/c10-5-9-7(11)6-3-1-2-4-8-6/h1-4H. The average Bonchev–Trinajstić information content (AvgIpc) is 2.07. The van der Waals surface area contributed by atoms with Gasteiger partial charge in [0.05, 0.1) is 0 Å². The van der Waals surface area contributed by atoms with Crippen LogP contribution in [-0.2, 0) is 4.79 Å². The molecule has 0 bridgehead atoms. The third kappa shape index (κ3) is 1.81. The van der Waals surface area contributed by atoms with Crippen molar-refractivity contribution in [3.63, 3.8) is 0 Å². The van der Waals surface area contributed by atoms with Gasteiger partial charge in [-0.3, -0.25) is 9.78 Å². The molecule has 0 aliphatic carbocycles. The number of hydrogen-bond donors (Lipinski definition) is 0. The van der Waals surface area contributed by atoms with E-state index in [1.165, 1.54) is 12.3 Å². The second-order valence-corrected chi connectivity index (χ2v) is 1.72. The molecule has 1 aromatic heterocycles. The van der Waals surface area contributed by atoms with Crippen molar-refractivity contribution in [3.8, 4) is 0 Å². The van der Waals surface area contributed by atoms with E-state index in [2.05, 4.69) is 9.98 Å². The number of nitrogens with zero attached hydrogens (tertiary/aromatic N) is 2. The fourth-order valence-corrected chi connectivity index (χ4v) is 0.588. The molecule has 0 aliphatic heterocycles. The number of aliphatic imine (C=N–C) groups is 1. The molecule has 4 nitrogen and oxygen atoms in total. The molecule has 1 rings (SSSR count). The van der Waals surface area contributed by atoms with Gasteiger partial charge in [0.25, 0.3) is 0 Å². The van der Waals surface area contributed by atoms with E-state index in [0.717, 1.165) is 6.08 Å². The molecule has 54 valence electrons. The predicted molar refractivity (Wildman–Crippen MR) is 36.7 cm³/mol. The van der Waals surface area contributed by atoms with E-state index in [1.807, 2.05) is 0 Å². The summed E-state index contributed by atoms with van der Waals surface area (Å²) in [5.74, 6) is -0.666. The normalized spacial score (nSPS) is 8.36. The number of carbonyl (C=O) groups excluding carboxylic acids is 2. The van der Waals surface area contributed by atoms with Crippen LogP contribution in [0.2, 0.25) is 0 Å². The molecule has 1 aromatic rings. The molecule has 0 radical (unpaired) electrons. The molecular formula is C7H4N2O2. The molecular weight excluding hydrogens is 144 g/mol. The first-order valence-electron chi connectivity index (χ1n) is 2.88. The smallest absolute Gasteiger partial charge is 0.264 e. The minimum Gasteiger partial charge on any atom is -0.264 e. The molecule has 0 fully saturated rings. The molecule has 0 spiro atoms. The molecule has 0 saturated heterocycles. The second kappa shape index (κ2) is 3.39. The van der Waals surface area contributed by atoms with Crippen LogP contribution in [0.4, 0.5) is 0 Å². The molecule has 1 amide bonds. The van der Waals surface area contributed by atoms with Crippen LogP contribution < -0.4 is 0 Å². The summed E-state index contributed by atoms with van der Waals surface area (Å²) in [4.78, 5) is 27.0. The molecule has 1 heterocycles. The number of isocyanates is 1. The lowest BCUT2D eigenvalue weighted by molar-refractivity contribution is 0.0998. The predicted octanol–water partition coefficient (Wildman–Crippen LogP) is 0.558. The molecule has 0 saturated carbocycles. The maximum atomic E-state index is 10.8. The Morgan fingerprint density at radius 1 is 1.55 bits per heavy atom. The van der Waals surface area contributed by atoms with Gasteiger partial charge in [0, 0.05) is 6.20 Å². The number of hydrogen-bond acceptors (Lipinski definition) is 3. The summed E-state index contributed by atoms with van der Waals surface area (Å²) in [5, 5.41) is 0. The first-order valence-corrected chi connectivity index (χ1v) is 2.88. The number of carbonyl (C=O) groups is 1. The lowest BCUT2D eigenvalue weighted by Gasteiger charge is -1.87. The van der Waals surface area contributed by atoms with Crippen LogP contribution in [0.3, 0.4) is 0 Å². The summed E-state index contributed by atoms with van der Waals surface area (Å²) in [7, 11) is 0. The van der Waals surface area contributed by atoms with Gasteiger partial charge >= 0.3 is 5.91 Å². The summed E-state index contributed by atoms with van der Waals surface area (Å²) in [6.45, 7) is 0. The minimum atomic E-state index is -0.666. The number of amides is 1. The Labute approximate surface area is 62.6 Å². The van der Waals surface area contributed by atoms with Gasteiger partial charge in [-0.1, -0.05) is 6.07 Å². The highest BCUT2D eigenvalue weighted by atomic mass is 16.2. The van der Waals surface area contributed by atoms with Gasteiger partial charge in [-0.15, -0.1) is 4.99 Å². The Kier molecular flexibility index (Phi) is 2.25. The molecule has 11 heavy (non-hydrogen) atoms. The molecule has 0 aromatic carbocycles. The van der Waals surface area contributed by atoms with Gasteiger partial charge in [-0.25, -0.2) is 4.79 Å². The largest absolute Gasteiger partial charge is 0.306 e. The van der Waals surface area contributed by atoms with E-state index < -0.39 is 5.91 Å². The topological polar surface area (TPSA) is 59.4 Å². The van der Waals surface area contributed by atoms with Gasteiger partial charge in [0.15, 0.2) is 0 Å². The van der Waals surface area contributed by atoms with Crippen LogP contribution in [0.15, 0.2) is 29.4 Å². The highest BCUT2D eigenvalue weighted by Crippen LogP contribution is 1.94. The SMILES string of the molecule is O=C=NC(=O)c1ccccn1. The van der Waals surface area contributed by atoms with Crippen LogP contribution in [-0.4, -0.2) is 17.0 Å².